The van der Waals surface area contributed by atoms with Gasteiger partial charge in [-0.15, -0.1) is 0 Å². The first-order valence-electron chi connectivity index (χ1n) is 7.41. The van der Waals surface area contributed by atoms with Gasteiger partial charge < -0.3 is 10.6 Å². The van der Waals surface area contributed by atoms with Crippen molar-refractivity contribution in [2.45, 2.75) is 45.6 Å². The van der Waals surface area contributed by atoms with Gasteiger partial charge in [-0.1, -0.05) is 19.4 Å². The second-order valence-corrected chi connectivity index (χ2v) is 5.69. The van der Waals surface area contributed by atoms with Crippen molar-refractivity contribution < 1.29 is 4.39 Å². The Kier molecular flexibility index (Phi) is 4.81. The minimum atomic E-state index is -0.134. The van der Waals surface area contributed by atoms with E-state index in [4.69, 9.17) is 5.73 Å². The summed E-state index contributed by atoms with van der Waals surface area (Å²) >= 11 is 0. The highest BCUT2D eigenvalue weighted by Gasteiger charge is 2.18. The summed E-state index contributed by atoms with van der Waals surface area (Å²) in [5, 5.41) is 0. The van der Waals surface area contributed by atoms with Gasteiger partial charge in [-0.3, -0.25) is 0 Å². The van der Waals surface area contributed by atoms with E-state index in [1.54, 1.807) is 6.07 Å². The van der Waals surface area contributed by atoms with Crippen molar-refractivity contribution in [2.24, 2.45) is 11.7 Å². The minimum Gasteiger partial charge on any atom is -0.369 e. The Hall–Kier alpha value is -1.09. The second-order valence-electron chi connectivity index (χ2n) is 5.69. The van der Waals surface area contributed by atoms with E-state index in [-0.39, 0.29) is 11.9 Å². The molecule has 1 aromatic rings. The minimum absolute atomic E-state index is 0.114. The molecule has 2 atom stereocenters. The molecular weight excluding hydrogens is 239 g/mol. The quantitative estimate of drug-likeness (QED) is 0.898. The van der Waals surface area contributed by atoms with E-state index < -0.39 is 0 Å². The molecule has 1 heterocycles. The molecule has 0 bridgehead atoms. The van der Waals surface area contributed by atoms with Crippen molar-refractivity contribution in [3.63, 3.8) is 0 Å². The lowest BCUT2D eigenvalue weighted by Gasteiger charge is -2.24. The molecule has 1 fully saturated rings. The summed E-state index contributed by atoms with van der Waals surface area (Å²) in [6, 6.07) is 5.31. The molecule has 1 saturated heterocycles. The van der Waals surface area contributed by atoms with Gasteiger partial charge in [0.1, 0.15) is 5.82 Å². The molecule has 1 aromatic carbocycles. The van der Waals surface area contributed by atoms with Gasteiger partial charge in [-0.2, -0.15) is 0 Å². The molecule has 3 heteroatoms. The molecule has 0 aliphatic carbocycles. The number of halogens is 1. The predicted molar refractivity (Wildman–Crippen MR) is 78.8 cm³/mol. The fourth-order valence-electron chi connectivity index (χ4n) is 2.88. The van der Waals surface area contributed by atoms with Crippen LogP contribution in [0.2, 0.25) is 0 Å². The fourth-order valence-corrected chi connectivity index (χ4v) is 2.88. The Morgan fingerprint density at radius 2 is 2.16 bits per heavy atom. The number of hydrogen-bond donors (Lipinski definition) is 1. The first kappa shape index (κ1) is 14.3. The van der Waals surface area contributed by atoms with Crippen LogP contribution in [0.3, 0.4) is 0 Å². The van der Waals surface area contributed by atoms with Crippen LogP contribution in [0, 0.1) is 11.7 Å². The van der Waals surface area contributed by atoms with Crippen LogP contribution in [0.15, 0.2) is 18.2 Å². The largest absolute Gasteiger partial charge is 0.369 e. The molecule has 0 aromatic heterocycles. The molecule has 0 radical (unpaired) electrons. The normalized spacial score (nSPS) is 22.1. The van der Waals surface area contributed by atoms with Crippen LogP contribution in [0.4, 0.5) is 10.1 Å². The number of nitrogens with zero attached hydrogens (tertiary/aromatic N) is 1. The molecule has 1 unspecified atom stereocenters. The maximum atomic E-state index is 14.2. The maximum absolute atomic E-state index is 14.2. The monoisotopic (exact) mass is 264 g/mol. The Bertz CT molecular complexity index is 417. The number of nitrogens with two attached hydrogens (primary N) is 1. The number of anilines is 1. The molecule has 19 heavy (non-hydrogen) atoms. The molecule has 2 rings (SSSR count). The highest BCUT2D eigenvalue weighted by atomic mass is 19.1. The van der Waals surface area contributed by atoms with E-state index in [1.165, 1.54) is 19.3 Å². The van der Waals surface area contributed by atoms with E-state index in [2.05, 4.69) is 11.8 Å². The van der Waals surface area contributed by atoms with Gasteiger partial charge in [0.05, 0.1) is 5.69 Å². The van der Waals surface area contributed by atoms with E-state index in [9.17, 15) is 4.39 Å². The van der Waals surface area contributed by atoms with Gasteiger partial charge in [-0.05, 0) is 49.8 Å². The van der Waals surface area contributed by atoms with Gasteiger partial charge in [0.15, 0.2) is 0 Å². The molecule has 0 spiro atoms. The number of benzene rings is 1. The van der Waals surface area contributed by atoms with E-state index >= 15 is 0 Å². The lowest BCUT2D eigenvalue weighted by Crippen LogP contribution is -2.25. The Labute approximate surface area is 115 Å². The van der Waals surface area contributed by atoms with Gasteiger partial charge >= 0.3 is 0 Å². The molecule has 1 aliphatic rings. The summed E-state index contributed by atoms with van der Waals surface area (Å²) < 4.78 is 14.2. The summed E-state index contributed by atoms with van der Waals surface area (Å²) in [5.41, 5.74) is 7.39. The third-order valence-corrected chi connectivity index (χ3v) is 4.26. The smallest absolute Gasteiger partial charge is 0.146 e. The predicted octanol–water partition coefficient (Wildman–Crippen LogP) is 3.86. The SMILES string of the molecule is CCC1CCCN(c2ccc([C@@H](C)N)cc2F)CC1. The number of rotatable bonds is 3. The van der Waals surface area contributed by atoms with Crippen molar-refractivity contribution >= 4 is 5.69 Å². The Morgan fingerprint density at radius 1 is 1.37 bits per heavy atom. The Balaban J connectivity index is 2.13. The summed E-state index contributed by atoms with van der Waals surface area (Å²) in [6.45, 7) is 6.06. The third-order valence-electron chi connectivity index (χ3n) is 4.26. The zero-order chi connectivity index (χ0) is 13.8. The van der Waals surface area contributed by atoms with Crippen LogP contribution in [-0.2, 0) is 0 Å². The summed E-state index contributed by atoms with van der Waals surface area (Å²) in [7, 11) is 0. The van der Waals surface area contributed by atoms with Gasteiger partial charge in [-0.25, -0.2) is 4.39 Å². The van der Waals surface area contributed by atoms with Crippen LogP contribution >= 0.6 is 0 Å². The topological polar surface area (TPSA) is 29.3 Å². The highest BCUT2D eigenvalue weighted by molar-refractivity contribution is 5.49. The van der Waals surface area contributed by atoms with E-state index in [1.807, 2.05) is 19.1 Å². The molecule has 1 aliphatic heterocycles. The van der Waals surface area contributed by atoms with Gasteiger partial charge in [0, 0.05) is 19.1 Å². The highest BCUT2D eigenvalue weighted by Crippen LogP contribution is 2.27. The summed E-state index contributed by atoms with van der Waals surface area (Å²) in [6.07, 6.45) is 4.84. The molecule has 106 valence electrons. The van der Waals surface area contributed by atoms with Crippen molar-refractivity contribution in [3.8, 4) is 0 Å². The second kappa shape index (κ2) is 6.38. The fraction of sp³-hybridized carbons (Fsp3) is 0.625. The lowest BCUT2D eigenvalue weighted by molar-refractivity contribution is 0.459. The van der Waals surface area contributed by atoms with Crippen molar-refractivity contribution in [1.29, 1.82) is 0 Å². The van der Waals surface area contributed by atoms with E-state index in [0.29, 0.717) is 0 Å². The number of hydrogen-bond acceptors (Lipinski definition) is 2. The maximum Gasteiger partial charge on any atom is 0.146 e. The standard InChI is InChI=1S/C16H25FN2/c1-3-13-5-4-9-19(10-8-13)16-7-6-14(12(2)18)11-15(16)17/h6-7,11-13H,3-5,8-10,18H2,1-2H3/t12-,13?/m1/s1. The van der Waals surface area contributed by atoms with Gasteiger partial charge in [0.2, 0.25) is 0 Å². The van der Waals surface area contributed by atoms with Gasteiger partial charge in [0.25, 0.3) is 0 Å². The summed E-state index contributed by atoms with van der Waals surface area (Å²) in [5.74, 6) is 0.668. The lowest BCUT2D eigenvalue weighted by atomic mass is 9.98. The van der Waals surface area contributed by atoms with Crippen molar-refractivity contribution in [3.05, 3.63) is 29.6 Å². The molecular formula is C16H25FN2. The zero-order valence-electron chi connectivity index (χ0n) is 12.0. The van der Waals surface area contributed by atoms with Crippen LogP contribution < -0.4 is 10.6 Å². The molecule has 2 N–H and O–H groups in total. The zero-order valence-corrected chi connectivity index (χ0v) is 12.0. The molecule has 0 saturated carbocycles. The van der Waals surface area contributed by atoms with Crippen molar-refractivity contribution in [2.75, 3.05) is 18.0 Å². The first-order valence-corrected chi connectivity index (χ1v) is 7.41. The van der Waals surface area contributed by atoms with Crippen molar-refractivity contribution in [1.82, 2.24) is 0 Å². The van der Waals surface area contributed by atoms with Crippen LogP contribution in [0.5, 0.6) is 0 Å². The van der Waals surface area contributed by atoms with Crippen LogP contribution in [0.25, 0.3) is 0 Å². The van der Waals surface area contributed by atoms with E-state index in [0.717, 1.165) is 36.7 Å². The summed E-state index contributed by atoms with van der Waals surface area (Å²) in [4.78, 5) is 2.19. The van der Waals surface area contributed by atoms with Crippen LogP contribution in [0.1, 0.15) is 51.1 Å². The third kappa shape index (κ3) is 3.47. The van der Waals surface area contributed by atoms with Crippen LogP contribution in [-0.4, -0.2) is 13.1 Å². The molecule has 2 nitrogen and oxygen atoms in total. The Morgan fingerprint density at radius 3 is 2.79 bits per heavy atom. The first-order chi connectivity index (χ1) is 9.11. The molecule has 0 amide bonds. The average molecular weight is 264 g/mol. The average Bonchev–Trinajstić information content (AvgIpc) is 2.63.